The quantitative estimate of drug-likeness (QED) is 0.329. The lowest BCUT2D eigenvalue weighted by Crippen LogP contribution is -2.37. The molecule has 0 N–H and O–H groups in total. The van der Waals surface area contributed by atoms with Crippen molar-refractivity contribution in [3.05, 3.63) is 65.0 Å². The molecule has 7 nitrogen and oxygen atoms in total. The molecule has 30 heavy (non-hydrogen) atoms. The average Bonchev–Trinajstić information content (AvgIpc) is 2.77. The van der Waals surface area contributed by atoms with Crippen LogP contribution in [0.3, 0.4) is 0 Å². The molecule has 8 heteroatoms. The zero-order valence-electron chi connectivity index (χ0n) is 17.1. The molecule has 3 aromatic rings. The third kappa shape index (κ3) is 4.54. The van der Waals surface area contributed by atoms with Crippen molar-refractivity contribution in [3.8, 4) is 0 Å². The van der Waals surface area contributed by atoms with Crippen molar-refractivity contribution in [1.29, 1.82) is 0 Å². The van der Waals surface area contributed by atoms with Crippen LogP contribution in [0.15, 0.2) is 64.5 Å². The van der Waals surface area contributed by atoms with Crippen LogP contribution in [0.4, 0.5) is 5.69 Å². The summed E-state index contributed by atoms with van der Waals surface area (Å²) in [5.74, 6) is -0.671. The third-order valence-corrected chi connectivity index (χ3v) is 5.70. The van der Waals surface area contributed by atoms with Gasteiger partial charge >= 0.3 is 5.97 Å². The maximum absolute atomic E-state index is 13.1. The summed E-state index contributed by atoms with van der Waals surface area (Å²) in [5.41, 5.74) is 0.973. The Morgan fingerprint density at radius 3 is 2.47 bits per heavy atom. The second kappa shape index (κ2) is 9.58. The number of carbonyl (C=O) groups excluding carboxylic acids is 2. The lowest BCUT2D eigenvalue weighted by atomic mass is 10.2. The summed E-state index contributed by atoms with van der Waals surface area (Å²) >= 11 is 1.15. The molecule has 1 amide bonds. The van der Waals surface area contributed by atoms with Gasteiger partial charge in [0.2, 0.25) is 5.91 Å². The van der Waals surface area contributed by atoms with E-state index in [0.717, 1.165) is 17.4 Å². The van der Waals surface area contributed by atoms with Crippen LogP contribution in [0.2, 0.25) is 0 Å². The number of esters is 1. The van der Waals surface area contributed by atoms with Gasteiger partial charge in [0.15, 0.2) is 5.16 Å². The van der Waals surface area contributed by atoms with Gasteiger partial charge in [-0.3, -0.25) is 19.0 Å². The standard InChI is InChI=1S/C22H23N3O4S/c1-4-24(16-10-6-5-7-11-16)20(27)15(2)30-22-23-18-13-9-8-12-17(18)21(28)25(22)14-19(26)29-3/h5-13,15H,4,14H2,1-3H3/t15-/m1/s1. The van der Waals surface area contributed by atoms with Gasteiger partial charge in [0.25, 0.3) is 5.56 Å². The van der Waals surface area contributed by atoms with E-state index in [1.54, 1.807) is 36.1 Å². The van der Waals surface area contributed by atoms with Crippen LogP contribution in [-0.2, 0) is 20.9 Å². The molecule has 2 aromatic carbocycles. The number of para-hydroxylation sites is 2. The fourth-order valence-corrected chi connectivity index (χ4v) is 4.04. The molecule has 0 bridgehead atoms. The minimum absolute atomic E-state index is 0.110. The lowest BCUT2D eigenvalue weighted by Gasteiger charge is -2.24. The minimum Gasteiger partial charge on any atom is -0.468 e. The molecule has 0 unspecified atom stereocenters. The van der Waals surface area contributed by atoms with Crippen molar-refractivity contribution < 1.29 is 14.3 Å². The van der Waals surface area contributed by atoms with Crippen molar-refractivity contribution in [1.82, 2.24) is 9.55 Å². The summed E-state index contributed by atoms with van der Waals surface area (Å²) < 4.78 is 6.00. The molecule has 1 heterocycles. The summed E-state index contributed by atoms with van der Waals surface area (Å²) in [7, 11) is 1.26. The third-order valence-electron chi connectivity index (χ3n) is 4.62. The molecule has 0 fully saturated rings. The monoisotopic (exact) mass is 425 g/mol. The summed E-state index contributed by atoms with van der Waals surface area (Å²) in [4.78, 5) is 44.2. The van der Waals surface area contributed by atoms with Crippen molar-refractivity contribution in [2.75, 3.05) is 18.6 Å². The molecule has 1 aromatic heterocycles. The van der Waals surface area contributed by atoms with Crippen LogP contribution < -0.4 is 10.5 Å². The van der Waals surface area contributed by atoms with E-state index in [4.69, 9.17) is 4.74 Å². The highest BCUT2D eigenvalue weighted by molar-refractivity contribution is 8.00. The Kier molecular flexibility index (Phi) is 6.89. The maximum atomic E-state index is 13.1. The first kappa shape index (κ1) is 21.6. The highest BCUT2D eigenvalue weighted by Crippen LogP contribution is 2.26. The number of aromatic nitrogens is 2. The Hall–Kier alpha value is -3.13. The zero-order valence-corrected chi connectivity index (χ0v) is 17.9. The minimum atomic E-state index is -0.561. The number of thioether (sulfide) groups is 1. The van der Waals surface area contributed by atoms with E-state index >= 15 is 0 Å². The number of carbonyl (C=O) groups is 2. The molecule has 0 aliphatic rings. The van der Waals surface area contributed by atoms with Crippen LogP contribution >= 0.6 is 11.8 Å². The molecule has 0 radical (unpaired) electrons. The van der Waals surface area contributed by atoms with Gasteiger partial charge in [-0.25, -0.2) is 4.98 Å². The first-order valence-corrected chi connectivity index (χ1v) is 10.4. The normalized spacial score (nSPS) is 11.8. The van der Waals surface area contributed by atoms with Crippen molar-refractivity contribution in [2.45, 2.75) is 30.8 Å². The predicted molar refractivity (Wildman–Crippen MR) is 118 cm³/mol. The molecule has 0 aliphatic carbocycles. The molecule has 156 valence electrons. The number of hydrogen-bond donors (Lipinski definition) is 0. The summed E-state index contributed by atoms with van der Waals surface area (Å²) in [5, 5.41) is 0.181. The van der Waals surface area contributed by atoms with E-state index < -0.39 is 11.2 Å². The number of ether oxygens (including phenoxy) is 1. The number of nitrogens with zero attached hydrogens (tertiary/aromatic N) is 3. The lowest BCUT2D eigenvalue weighted by molar-refractivity contribution is -0.141. The molecular formula is C22H23N3O4S. The van der Waals surface area contributed by atoms with E-state index in [1.807, 2.05) is 37.3 Å². The van der Waals surface area contributed by atoms with Crippen LogP contribution in [0.5, 0.6) is 0 Å². The van der Waals surface area contributed by atoms with Gasteiger partial charge in [0.05, 0.1) is 23.3 Å². The first-order chi connectivity index (χ1) is 14.5. The molecular weight excluding hydrogens is 402 g/mol. The SMILES string of the molecule is CCN(C(=O)[C@@H](C)Sc1nc2ccccc2c(=O)n1CC(=O)OC)c1ccccc1. The van der Waals surface area contributed by atoms with Gasteiger partial charge < -0.3 is 9.64 Å². The van der Waals surface area contributed by atoms with E-state index in [1.165, 1.54) is 11.7 Å². The smallest absolute Gasteiger partial charge is 0.325 e. The second-order valence-corrected chi connectivity index (χ2v) is 7.87. The Labute approximate surface area is 178 Å². The first-order valence-electron chi connectivity index (χ1n) is 9.55. The van der Waals surface area contributed by atoms with Gasteiger partial charge in [0, 0.05) is 12.2 Å². The fourth-order valence-electron chi connectivity index (χ4n) is 3.07. The van der Waals surface area contributed by atoms with Crippen LogP contribution in [0.25, 0.3) is 10.9 Å². The van der Waals surface area contributed by atoms with Gasteiger partial charge in [-0.05, 0) is 38.1 Å². The largest absolute Gasteiger partial charge is 0.468 e. The topological polar surface area (TPSA) is 81.5 Å². The van der Waals surface area contributed by atoms with Crippen LogP contribution in [0.1, 0.15) is 13.8 Å². The van der Waals surface area contributed by atoms with E-state index in [9.17, 15) is 14.4 Å². The Morgan fingerprint density at radius 1 is 1.13 bits per heavy atom. The Bertz CT molecular complexity index is 1110. The zero-order chi connectivity index (χ0) is 21.7. The highest BCUT2D eigenvalue weighted by Gasteiger charge is 2.25. The van der Waals surface area contributed by atoms with Crippen LogP contribution in [0, 0.1) is 0 Å². The molecule has 1 atom stereocenters. The number of rotatable bonds is 7. The van der Waals surface area contributed by atoms with Crippen LogP contribution in [-0.4, -0.2) is 40.3 Å². The highest BCUT2D eigenvalue weighted by atomic mass is 32.2. The van der Waals surface area contributed by atoms with Gasteiger partial charge in [-0.1, -0.05) is 42.1 Å². The van der Waals surface area contributed by atoms with Crippen molar-refractivity contribution in [2.24, 2.45) is 0 Å². The van der Waals surface area contributed by atoms with E-state index in [-0.39, 0.29) is 18.0 Å². The van der Waals surface area contributed by atoms with Crippen molar-refractivity contribution in [3.63, 3.8) is 0 Å². The Morgan fingerprint density at radius 2 is 1.80 bits per heavy atom. The summed E-state index contributed by atoms with van der Waals surface area (Å²) in [6, 6.07) is 16.3. The number of hydrogen-bond acceptors (Lipinski definition) is 6. The summed E-state index contributed by atoms with van der Waals surface area (Å²) in [6.07, 6.45) is 0. The number of fused-ring (bicyclic) bond motifs is 1. The van der Waals surface area contributed by atoms with Gasteiger partial charge in [-0.2, -0.15) is 0 Å². The fraction of sp³-hybridized carbons (Fsp3) is 0.273. The molecule has 3 rings (SSSR count). The van der Waals surface area contributed by atoms with E-state index in [0.29, 0.717) is 22.6 Å². The van der Waals surface area contributed by atoms with Gasteiger partial charge in [0.1, 0.15) is 6.54 Å². The molecule has 0 aliphatic heterocycles. The second-order valence-electron chi connectivity index (χ2n) is 6.56. The number of methoxy groups -OCH3 is 1. The van der Waals surface area contributed by atoms with E-state index in [2.05, 4.69) is 4.98 Å². The number of anilines is 1. The predicted octanol–water partition coefficient (Wildman–Crippen LogP) is 3.10. The maximum Gasteiger partial charge on any atom is 0.325 e. The average molecular weight is 426 g/mol. The molecule has 0 saturated carbocycles. The van der Waals surface area contributed by atoms with Gasteiger partial charge in [-0.15, -0.1) is 0 Å². The van der Waals surface area contributed by atoms with Crippen molar-refractivity contribution >= 4 is 40.2 Å². The molecule has 0 saturated heterocycles. The number of amides is 1. The Balaban J connectivity index is 1.97. The summed E-state index contributed by atoms with van der Waals surface area (Å²) in [6.45, 7) is 3.91. The molecule has 0 spiro atoms. The number of benzene rings is 2.